The molecule has 41 heavy (non-hydrogen) atoms. The van der Waals surface area contributed by atoms with Crippen molar-refractivity contribution in [2.24, 2.45) is 0 Å². The van der Waals surface area contributed by atoms with Crippen molar-refractivity contribution in [2.75, 3.05) is 24.5 Å². The molecule has 4 bridgehead atoms. The number of allylic oxidation sites excluding steroid dienone is 2. The fraction of sp³-hybridized carbons (Fsp3) is 0.345. The first kappa shape index (κ1) is 26.5. The zero-order chi connectivity index (χ0) is 28.8. The molecule has 2 aliphatic rings. The van der Waals surface area contributed by atoms with Gasteiger partial charge in [0.15, 0.2) is 11.5 Å². The van der Waals surface area contributed by atoms with Crippen molar-refractivity contribution in [3.63, 3.8) is 0 Å². The van der Waals surface area contributed by atoms with E-state index in [0.29, 0.717) is 55.2 Å². The Kier molecular flexibility index (Phi) is 6.68. The molecule has 6 heterocycles. The predicted octanol–water partition coefficient (Wildman–Crippen LogP) is 3.03. The molecule has 0 spiro atoms. The summed E-state index contributed by atoms with van der Waals surface area (Å²) in [6.45, 7) is 11.2. The monoisotopic (exact) mass is 555 g/mol. The smallest absolute Gasteiger partial charge is 0.350 e. The third-order valence-corrected chi connectivity index (χ3v) is 7.57. The third-order valence-electron chi connectivity index (χ3n) is 7.57. The Bertz CT molecular complexity index is 1770. The van der Waals surface area contributed by atoms with Crippen LogP contribution < -0.4 is 10.6 Å². The van der Waals surface area contributed by atoms with Gasteiger partial charge in [-0.3, -0.25) is 9.78 Å². The average Bonchev–Trinajstić information content (AvgIpc) is 3.43. The van der Waals surface area contributed by atoms with Crippen molar-refractivity contribution >= 4 is 22.8 Å². The van der Waals surface area contributed by atoms with E-state index in [9.17, 15) is 9.59 Å². The Labute approximate surface area is 235 Å². The quantitative estimate of drug-likeness (QED) is 0.280. The van der Waals surface area contributed by atoms with E-state index in [1.165, 1.54) is 16.7 Å². The molecule has 6 rings (SSSR count). The number of hydrogen-bond acceptors (Lipinski definition) is 8. The lowest BCUT2D eigenvalue weighted by Gasteiger charge is -2.40. The summed E-state index contributed by atoms with van der Waals surface area (Å²) >= 11 is 0. The Balaban J connectivity index is 1.65. The fourth-order valence-corrected chi connectivity index (χ4v) is 5.55. The predicted molar refractivity (Wildman–Crippen MR) is 152 cm³/mol. The van der Waals surface area contributed by atoms with E-state index in [1.54, 1.807) is 22.0 Å². The maximum Gasteiger partial charge on any atom is 0.355 e. The average molecular weight is 556 g/mol. The maximum atomic E-state index is 15.8. The Morgan fingerprint density at radius 1 is 1.22 bits per heavy atom. The first-order valence-corrected chi connectivity index (χ1v) is 13.6. The zero-order valence-corrected chi connectivity index (χ0v) is 23.2. The molecule has 1 saturated heterocycles. The minimum Gasteiger partial charge on any atom is -0.350 e. The third kappa shape index (κ3) is 4.58. The number of hydrogen-bond donors (Lipinski definition) is 0. The number of carbonyl (C=O) groups is 1. The van der Waals surface area contributed by atoms with Crippen molar-refractivity contribution in [1.82, 2.24) is 39.4 Å². The van der Waals surface area contributed by atoms with Crippen LogP contribution in [-0.4, -0.2) is 71.0 Å². The second kappa shape index (κ2) is 10.3. The fourth-order valence-electron chi connectivity index (χ4n) is 5.55. The van der Waals surface area contributed by atoms with Gasteiger partial charge in [-0.15, -0.1) is 5.10 Å². The zero-order valence-electron chi connectivity index (χ0n) is 23.2. The number of fused-ring (bicyclic) bond motifs is 6. The molecule has 0 radical (unpaired) electrons. The van der Waals surface area contributed by atoms with Crippen LogP contribution in [0, 0.1) is 5.82 Å². The number of nitrogens with zero attached hydrogens (tertiary/aromatic N) is 9. The van der Waals surface area contributed by atoms with Gasteiger partial charge >= 0.3 is 5.69 Å². The highest BCUT2D eigenvalue weighted by Gasteiger charge is 2.31. The summed E-state index contributed by atoms with van der Waals surface area (Å²) in [5.41, 5.74) is 2.13. The molecule has 0 N–H and O–H groups in total. The van der Waals surface area contributed by atoms with Crippen molar-refractivity contribution in [2.45, 2.75) is 45.7 Å². The summed E-state index contributed by atoms with van der Waals surface area (Å²) in [4.78, 5) is 43.9. The van der Waals surface area contributed by atoms with Crippen LogP contribution in [-0.2, 0) is 17.8 Å². The van der Waals surface area contributed by atoms with Gasteiger partial charge in [0, 0.05) is 31.9 Å². The minimum absolute atomic E-state index is 0.0109. The van der Waals surface area contributed by atoms with Crippen LogP contribution in [0.15, 0.2) is 54.1 Å². The van der Waals surface area contributed by atoms with Gasteiger partial charge in [0.2, 0.25) is 5.91 Å². The number of rotatable bonds is 3. The summed E-state index contributed by atoms with van der Waals surface area (Å²) < 4.78 is 18.9. The van der Waals surface area contributed by atoms with Crippen LogP contribution >= 0.6 is 0 Å². The topological polar surface area (TPSA) is 115 Å². The molecule has 2 aliphatic heterocycles. The molecule has 1 atom stereocenters. The summed E-state index contributed by atoms with van der Waals surface area (Å²) in [5.74, 6) is -0.458. The van der Waals surface area contributed by atoms with E-state index in [2.05, 4.69) is 26.9 Å². The van der Waals surface area contributed by atoms with E-state index < -0.39 is 11.5 Å². The largest absolute Gasteiger partial charge is 0.355 e. The number of aromatic nitrogens is 7. The first-order chi connectivity index (χ1) is 19.8. The molecule has 4 aromatic rings. The molecule has 210 valence electrons. The van der Waals surface area contributed by atoms with Gasteiger partial charge in [-0.05, 0) is 43.0 Å². The molecule has 0 aromatic carbocycles. The number of piperazine rings is 1. The summed E-state index contributed by atoms with van der Waals surface area (Å²) in [5, 5.41) is 8.66. The van der Waals surface area contributed by atoms with Gasteiger partial charge in [-0.1, -0.05) is 37.8 Å². The summed E-state index contributed by atoms with van der Waals surface area (Å²) in [6.07, 6.45) is 9.14. The highest BCUT2D eigenvalue weighted by molar-refractivity contribution is 5.91. The number of carbonyl (C=O) groups excluding carboxylic acids is 1. The Hall–Kier alpha value is -4.74. The first-order valence-electron chi connectivity index (χ1n) is 13.6. The van der Waals surface area contributed by atoms with Gasteiger partial charge in [0.1, 0.15) is 17.2 Å². The summed E-state index contributed by atoms with van der Waals surface area (Å²) in [7, 11) is 0. The molecular weight excluding hydrogens is 525 g/mol. The standard InChI is InChI=1S/C29H30FN9O2/c1-5-23(40)36-12-13-38(18(4)15-36)27-20-14-21(30)25-22-16-37(35-34-22)11-7-6-8-19-9-10-31-24(17(2)3)26(19)39(28(20)32-25)29(41)33-27/h5-7,9-10,14,16-18H,1,8,11-13,15H2,2-4H3/t18-/m0/s1. The SMILES string of the molecule is C=CC(=O)N1CCN(c2nc(=O)n3c4nc(c(F)cc24)-c2cn(nn2)CC=CCc2ccnc(C(C)C)c2-3)[C@@H](C)C1. The van der Waals surface area contributed by atoms with Crippen molar-refractivity contribution in [3.8, 4) is 17.1 Å². The van der Waals surface area contributed by atoms with Gasteiger partial charge in [0.05, 0.1) is 29.5 Å². The van der Waals surface area contributed by atoms with E-state index in [1.807, 2.05) is 43.9 Å². The Morgan fingerprint density at radius 2 is 2.05 bits per heavy atom. The Morgan fingerprint density at radius 3 is 2.80 bits per heavy atom. The van der Waals surface area contributed by atoms with Crippen molar-refractivity contribution < 1.29 is 9.18 Å². The minimum atomic E-state index is -0.605. The molecule has 0 unspecified atom stereocenters. The number of halogens is 1. The number of pyridine rings is 2. The summed E-state index contributed by atoms with van der Waals surface area (Å²) in [6, 6.07) is 3.05. The highest BCUT2D eigenvalue weighted by atomic mass is 19.1. The van der Waals surface area contributed by atoms with Gasteiger partial charge < -0.3 is 9.80 Å². The van der Waals surface area contributed by atoms with Gasteiger partial charge in [-0.25, -0.2) is 23.4 Å². The van der Waals surface area contributed by atoms with Crippen molar-refractivity contribution in [3.05, 3.63) is 76.9 Å². The lowest BCUT2D eigenvalue weighted by atomic mass is 10.0. The molecule has 4 aromatic heterocycles. The van der Waals surface area contributed by atoms with Crippen LogP contribution in [0.2, 0.25) is 0 Å². The van der Waals surface area contributed by atoms with E-state index >= 15 is 4.39 Å². The molecule has 0 saturated carbocycles. The second-order valence-corrected chi connectivity index (χ2v) is 10.6. The van der Waals surface area contributed by atoms with Gasteiger partial charge in [0.25, 0.3) is 0 Å². The molecule has 11 nitrogen and oxygen atoms in total. The molecule has 1 fully saturated rings. The van der Waals surface area contributed by atoms with Crippen LogP contribution in [0.5, 0.6) is 0 Å². The van der Waals surface area contributed by atoms with Crippen LogP contribution in [0.3, 0.4) is 0 Å². The lowest BCUT2D eigenvalue weighted by Crippen LogP contribution is -2.54. The molecule has 0 aliphatic carbocycles. The van der Waals surface area contributed by atoms with E-state index in [4.69, 9.17) is 4.98 Å². The van der Waals surface area contributed by atoms with Crippen LogP contribution in [0.25, 0.3) is 28.1 Å². The molecule has 1 amide bonds. The second-order valence-electron chi connectivity index (χ2n) is 10.6. The number of anilines is 1. The van der Waals surface area contributed by atoms with Crippen LogP contribution in [0.4, 0.5) is 10.2 Å². The van der Waals surface area contributed by atoms with E-state index in [-0.39, 0.29) is 34.9 Å². The lowest BCUT2D eigenvalue weighted by molar-refractivity contribution is -0.126. The van der Waals surface area contributed by atoms with Crippen molar-refractivity contribution in [1.29, 1.82) is 0 Å². The highest BCUT2D eigenvalue weighted by Crippen LogP contribution is 2.33. The molecule has 12 heteroatoms. The number of amides is 1. The maximum absolute atomic E-state index is 15.8. The normalized spacial score (nSPS) is 16.9. The van der Waals surface area contributed by atoms with Crippen LogP contribution in [0.1, 0.15) is 37.9 Å². The van der Waals surface area contributed by atoms with E-state index in [0.717, 1.165) is 5.56 Å². The molecular formula is C29H30FN9O2. The van der Waals surface area contributed by atoms with Gasteiger partial charge in [-0.2, -0.15) is 4.98 Å².